The third-order valence-corrected chi connectivity index (χ3v) is 20.2. The van der Waals surface area contributed by atoms with Gasteiger partial charge in [0.15, 0.2) is 0 Å². The Balaban J connectivity index is 0.985. The molecule has 456 valence electrons. The SMILES string of the molecule is CC12c3ccc(cc3)-c3ccccc3N(c3cccc(-c4ccccc4)c3)c3ccc(c1c3)-c1cc3c(N(c4cccc(-c5ccccc5)c4)c4ccccc4-c4ccccc4)c4ccccc4c(N(c4cccc(-c5ccccc5)c4)c4ccccc4-c4ccccc4)c3cc12. The molecule has 0 spiro atoms. The maximum atomic E-state index is 2.61. The first-order valence-electron chi connectivity index (χ1n) is 33.6. The standard InChI is InChI=1S/C94H65N3/c1-94-73-54-52-69(53-55-73)80-46-19-22-49-89(80)95(74-41-25-38-70(58-74)64-28-7-2-8-29-64)77-56-57-81(87(94)61-77)84-62-85-86(63-88(84)94)93(97(76-43-27-40-72(60-76)66-32-11-4-12-33-66)91-51-24-21-45-79(91)68-36-15-6-16-37-68)83-48-18-17-47-82(83)92(85)96(75-42-26-39-71(59-75)65-30-9-3-10-31-65)90-50-23-20-44-78(90)67-34-13-5-14-35-67/h2-63H,1H3. The first-order valence-corrected chi connectivity index (χ1v) is 33.6. The predicted molar refractivity (Wildman–Crippen MR) is 409 cm³/mol. The molecule has 97 heavy (non-hydrogen) atoms. The van der Waals surface area contributed by atoms with Gasteiger partial charge in [-0.15, -0.1) is 0 Å². The van der Waals surface area contributed by atoms with Crippen molar-refractivity contribution in [1.29, 1.82) is 0 Å². The number of hydrogen-bond acceptors (Lipinski definition) is 3. The van der Waals surface area contributed by atoms with Crippen molar-refractivity contribution in [3.63, 3.8) is 0 Å². The van der Waals surface area contributed by atoms with E-state index in [1.54, 1.807) is 0 Å². The summed E-state index contributed by atoms with van der Waals surface area (Å²) in [5, 5.41) is 4.46. The van der Waals surface area contributed by atoms with Crippen LogP contribution in [-0.2, 0) is 5.41 Å². The fraction of sp³-hybridized carbons (Fsp3) is 0.0213. The molecule has 0 aromatic heterocycles. The lowest BCUT2D eigenvalue weighted by Gasteiger charge is -2.35. The van der Waals surface area contributed by atoms with Gasteiger partial charge in [0.05, 0.1) is 28.4 Å². The summed E-state index contributed by atoms with van der Waals surface area (Å²) >= 11 is 0. The Bertz CT molecular complexity index is 5650. The molecule has 0 amide bonds. The van der Waals surface area contributed by atoms with Gasteiger partial charge in [0.25, 0.3) is 0 Å². The highest BCUT2D eigenvalue weighted by Crippen LogP contribution is 2.60. The zero-order valence-electron chi connectivity index (χ0n) is 53.6. The van der Waals surface area contributed by atoms with Crippen molar-refractivity contribution >= 4 is 72.7 Å². The first-order chi connectivity index (χ1) is 48.0. The molecule has 0 saturated carbocycles. The van der Waals surface area contributed by atoms with Crippen LogP contribution in [0, 0.1) is 0 Å². The number of anilines is 9. The summed E-state index contributed by atoms with van der Waals surface area (Å²) in [5.41, 5.74) is 29.0. The molecule has 3 heteroatoms. The minimum atomic E-state index is -0.645. The minimum absolute atomic E-state index is 0.645. The zero-order valence-corrected chi connectivity index (χ0v) is 53.6. The highest BCUT2D eigenvalue weighted by atomic mass is 15.2. The summed E-state index contributed by atoms with van der Waals surface area (Å²) in [7, 11) is 0. The summed E-state index contributed by atoms with van der Waals surface area (Å²) in [6, 6.07) is 140. The molecule has 16 aromatic rings. The van der Waals surface area contributed by atoms with E-state index in [2.05, 4.69) is 398 Å². The molecule has 1 aliphatic carbocycles. The highest BCUT2D eigenvalue weighted by Gasteiger charge is 2.43. The molecule has 3 aliphatic rings. The second-order valence-corrected chi connectivity index (χ2v) is 25.7. The summed E-state index contributed by atoms with van der Waals surface area (Å²) < 4.78 is 0. The van der Waals surface area contributed by atoms with E-state index in [9.17, 15) is 0 Å². The van der Waals surface area contributed by atoms with Crippen LogP contribution >= 0.6 is 0 Å². The summed E-state index contributed by atoms with van der Waals surface area (Å²) in [4.78, 5) is 7.65. The van der Waals surface area contributed by atoms with Crippen LogP contribution in [0.4, 0.5) is 51.2 Å². The van der Waals surface area contributed by atoms with E-state index in [0.29, 0.717) is 0 Å². The number of rotatable bonds is 12. The lowest BCUT2D eigenvalue weighted by atomic mass is 9.73. The topological polar surface area (TPSA) is 9.72 Å². The molecule has 0 N–H and O–H groups in total. The van der Waals surface area contributed by atoms with E-state index in [4.69, 9.17) is 0 Å². The number of fused-ring (bicyclic) bond motifs is 6. The quantitative estimate of drug-likeness (QED) is 0.0892. The lowest BCUT2D eigenvalue weighted by Crippen LogP contribution is -2.23. The van der Waals surface area contributed by atoms with Crippen LogP contribution in [0.3, 0.4) is 0 Å². The Morgan fingerprint density at radius 2 is 0.629 bits per heavy atom. The zero-order chi connectivity index (χ0) is 64.4. The van der Waals surface area contributed by atoms with Crippen molar-refractivity contribution in [2.75, 3.05) is 14.7 Å². The third kappa shape index (κ3) is 9.73. The van der Waals surface area contributed by atoms with Crippen LogP contribution in [0.2, 0.25) is 0 Å². The van der Waals surface area contributed by atoms with Crippen LogP contribution in [-0.4, -0.2) is 0 Å². The molecule has 0 fully saturated rings. The fourth-order valence-corrected chi connectivity index (χ4v) is 15.6. The van der Waals surface area contributed by atoms with Gasteiger partial charge in [-0.05, 0) is 164 Å². The van der Waals surface area contributed by atoms with Crippen molar-refractivity contribution < 1.29 is 0 Å². The minimum Gasteiger partial charge on any atom is -0.310 e. The van der Waals surface area contributed by atoms with E-state index in [1.165, 1.54) is 38.9 Å². The summed E-state index contributed by atoms with van der Waals surface area (Å²) in [6.45, 7) is 2.48. The van der Waals surface area contributed by atoms with Gasteiger partial charge < -0.3 is 14.7 Å². The molecule has 0 saturated heterocycles. The van der Waals surface area contributed by atoms with Crippen LogP contribution in [0.1, 0.15) is 23.6 Å². The molecule has 16 aromatic carbocycles. The highest BCUT2D eigenvalue weighted by molar-refractivity contribution is 6.25. The number of benzene rings is 16. The average molecular weight is 1240 g/mol. The van der Waals surface area contributed by atoms with Crippen LogP contribution in [0.15, 0.2) is 376 Å². The van der Waals surface area contributed by atoms with E-state index in [0.717, 1.165) is 128 Å². The molecular weight excluding hydrogens is 1170 g/mol. The van der Waals surface area contributed by atoms with Gasteiger partial charge in [0.2, 0.25) is 0 Å². The number of hydrogen-bond donors (Lipinski definition) is 0. The average Bonchev–Trinajstić information content (AvgIpc) is 1.62. The Labute approximate surface area is 567 Å². The Hall–Kier alpha value is -12.6. The lowest BCUT2D eigenvalue weighted by molar-refractivity contribution is 0.715. The Morgan fingerprint density at radius 3 is 1.15 bits per heavy atom. The van der Waals surface area contributed by atoms with Crippen molar-refractivity contribution in [3.05, 3.63) is 393 Å². The largest absolute Gasteiger partial charge is 0.310 e. The molecule has 0 radical (unpaired) electrons. The number of nitrogens with zero attached hydrogens (tertiary/aromatic N) is 3. The van der Waals surface area contributed by atoms with Gasteiger partial charge in [-0.2, -0.15) is 0 Å². The maximum Gasteiger partial charge on any atom is 0.0620 e. The van der Waals surface area contributed by atoms with E-state index in [-0.39, 0.29) is 0 Å². The van der Waals surface area contributed by atoms with Crippen LogP contribution < -0.4 is 14.7 Å². The van der Waals surface area contributed by atoms with Crippen molar-refractivity contribution in [3.8, 4) is 77.9 Å². The van der Waals surface area contributed by atoms with E-state index < -0.39 is 5.41 Å². The monoisotopic (exact) mass is 1240 g/mol. The summed E-state index contributed by atoms with van der Waals surface area (Å²) in [5.74, 6) is 0. The summed E-state index contributed by atoms with van der Waals surface area (Å²) in [6.07, 6.45) is 0. The van der Waals surface area contributed by atoms with Crippen molar-refractivity contribution in [2.45, 2.75) is 12.3 Å². The van der Waals surface area contributed by atoms with Gasteiger partial charge in [-0.1, -0.05) is 297 Å². The molecule has 2 heterocycles. The van der Waals surface area contributed by atoms with Crippen molar-refractivity contribution in [1.82, 2.24) is 0 Å². The molecule has 19 rings (SSSR count). The van der Waals surface area contributed by atoms with Gasteiger partial charge in [-0.3, -0.25) is 0 Å². The molecule has 1 unspecified atom stereocenters. The molecule has 1 atom stereocenters. The Morgan fingerprint density at radius 1 is 0.237 bits per heavy atom. The Kier molecular flexibility index (Phi) is 14.0. The maximum absolute atomic E-state index is 2.61. The second-order valence-electron chi connectivity index (χ2n) is 25.7. The molecular formula is C94H65N3. The first kappa shape index (κ1) is 57.1. The van der Waals surface area contributed by atoms with Gasteiger partial charge >= 0.3 is 0 Å². The normalized spacial score (nSPS) is 13.4. The van der Waals surface area contributed by atoms with Crippen LogP contribution in [0.5, 0.6) is 0 Å². The predicted octanol–water partition coefficient (Wildman–Crippen LogP) is 26.1. The fourth-order valence-electron chi connectivity index (χ4n) is 15.6. The van der Waals surface area contributed by atoms with Gasteiger partial charge in [0, 0.05) is 66.4 Å². The van der Waals surface area contributed by atoms with Crippen molar-refractivity contribution in [2.24, 2.45) is 0 Å². The van der Waals surface area contributed by atoms with E-state index in [1.807, 2.05) is 0 Å². The third-order valence-electron chi connectivity index (χ3n) is 20.2. The molecule has 4 bridgehead atoms. The van der Waals surface area contributed by atoms with Gasteiger partial charge in [-0.25, -0.2) is 0 Å². The number of para-hydroxylation sites is 3. The van der Waals surface area contributed by atoms with Gasteiger partial charge in [0.1, 0.15) is 0 Å². The molecule has 2 aliphatic heterocycles. The molecule has 3 nitrogen and oxygen atoms in total. The smallest absolute Gasteiger partial charge is 0.0620 e. The second kappa shape index (κ2) is 23.8. The van der Waals surface area contributed by atoms with Crippen LogP contribution in [0.25, 0.3) is 99.4 Å². The van der Waals surface area contributed by atoms with E-state index >= 15 is 0 Å².